The molecule has 1 rings (SSSR count). The molecule has 0 amide bonds. The lowest BCUT2D eigenvalue weighted by Gasteiger charge is -2.10. The minimum Gasteiger partial charge on any atom is -0.468 e. The Bertz CT molecular complexity index is 364. The number of carbonyl (C=O) groups is 1. The van der Waals surface area contributed by atoms with Crippen molar-refractivity contribution in [3.8, 4) is 0 Å². The predicted octanol–water partition coefficient (Wildman–Crippen LogP) is 0.620. The van der Waals surface area contributed by atoms with Crippen LogP contribution in [-0.2, 0) is 16.0 Å². The molecule has 0 aliphatic rings. The molecule has 0 heterocycles. The van der Waals surface area contributed by atoms with Crippen LogP contribution < -0.4 is 11.5 Å². The fraction of sp³-hybridized carbons (Fsp3) is 0.364. The Morgan fingerprint density at radius 2 is 2.20 bits per heavy atom. The van der Waals surface area contributed by atoms with E-state index >= 15 is 0 Å². The normalized spacial score (nSPS) is 12.2. The molecule has 0 fully saturated rings. The monoisotopic (exact) mass is 208 g/mol. The summed E-state index contributed by atoms with van der Waals surface area (Å²) in [6.45, 7) is 1.92. The lowest BCUT2D eigenvalue weighted by atomic mass is 10.0. The number of benzene rings is 1. The maximum Gasteiger partial charge on any atom is 0.322 e. The maximum atomic E-state index is 11.1. The Hall–Kier alpha value is -1.55. The van der Waals surface area contributed by atoms with Crippen LogP contribution in [0, 0.1) is 6.92 Å². The molecule has 0 aliphatic heterocycles. The topological polar surface area (TPSA) is 78.3 Å². The number of hydrogen-bond acceptors (Lipinski definition) is 4. The highest BCUT2D eigenvalue weighted by Gasteiger charge is 2.14. The van der Waals surface area contributed by atoms with Crippen molar-refractivity contribution in [3.63, 3.8) is 0 Å². The molecule has 0 saturated carbocycles. The van der Waals surface area contributed by atoms with Gasteiger partial charge in [-0.1, -0.05) is 12.1 Å². The van der Waals surface area contributed by atoms with E-state index in [4.69, 9.17) is 11.5 Å². The molecule has 4 nitrogen and oxygen atoms in total. The van der Waals surface area contributed by atoms with Gasteiger partial charge in [0.05, 0.1) is 7.11 Å². The Kier molecular flexibility index (Phi) is 3.68. The van der Waals surface area contributed by atoms with Gasteiger partial charge in [0.1, 0.15) is 6.04 Å². The summed E-state index contributed by atoms with van der Waals surface area (Å²) < 4.78 is 4.55. The molecule has 0 unspecified atom stereocenters. The summed E-state index contributed by atoms with van der Waals surface area (Å²) in [4.78, 5) is 11.1. The van der Waals surface area contributed by atoms with Crippen molar-refractivity contribution >= 4 is 11.7 Å². The van der Waals surface area contributed by atoms with E-state index in [-0.39, 0.29) is 0 Å². The zero-order valence-corrected chi connectivity index (χ0v) is 8.99. The van der Waals surface area contributed by atoms with E-state index < -0.39 is 12.0 Å². The molecule has 4 heteroatoms. The first-order chi connectivity index (χ1) is 7.04. The molecule has 0 bridgehead atoms. The number of ether oxygens (including phenoxy) is 1. The predicted molar refractivity (Wildman–Crippen MR) is 59.3 cm³/mol. The van der Waals surface area contributed by atoms with E-state index in [1.807, 2.05) is 25.1 Å². The van der Waals surface area contributed by atoms with Gasteiger partial charge in [0.25, 0.3) is 0 Å². The lowest BCUT2D eigenvalue weighted by molar-refractivity contribution is -0.142. The summed E-state index contributed by atoms with van der Waals surface area (Å²) in [6, 6.07) is 5.00. The highest BCUT2D eigenvalue weighted by atomic mass is 16.5. The quantitative estimate of drug-likeness (QED) is 0.564. The molecular weight excluding hydrogens is 192 g/mol. The molecular formula is C11H16N2O2. The van der Waals surface area contributed by atoms with Gasteiger partial charge < -0.3 is 16.2 Å². The molecule has 1 atom stereocenters. The SMILES string of the molecule is COC(=O)[C@H](N)Cc1ccc(N)c(C)c1. The van der Waals surface area contributed by atoms with Crippen molar-refractivity contribution < 1.29 is 9.53 Å². The summed E-state index contributed by atoms with van der Waals surface area (Å²) in [5.74, 6) is -0.399. The van der Waals surface area contributed by atoms with Gasteiger partial charge in [0.15, 0.2) is 0 Å². The number of aryl methyl sites for hydroxylation is 1. The number of carbonyl (C=O) groups excluding carboxylic acids is 1. The van der Waals surface area contributed by atoms with Gasteiger partial charge in [-0.25, -0.2) is 0 Å². The Morgan fingerprint density at radius 3 is 2.73 bits per heavy atom. The van der Waals surface area contributed by atoms with Gasteiger partial charge in [-0.05, 0) is 30.5 Å². The second-order valence-electron chi connectivity index (χ2n) is 3.52. The molecule has 0 spiro atoms. The van der Waals surface area contributed by atoms with E-state index in [0.717, 1.165) is 16.8 Å². The number of nitrogen functional groups attached to an aromatic ring is 1. The van der Waals surface area contributed by atoms with Crippen molar-refractivity contribution in [2.45, 2.75) is 19.4 Å². The largest absolute Gasteiger partial charge is 0.468 e. The third kappa shape index (κ3) is 2.95. The molecule has 0 radical (unpaired) electrons. The summed E-state index contributed by atoms with van der Waals surface area (Å²) in [5, 5.41) is 0. The number of nitrogens with two attached hydrogens (primary N) is 2. The van der Waals surface area contributed by atoms with E-state index in [2.05, 4.69) is 4.74 Å². The van der Waals surface area contributed by atoms with Crippen LogP contribution in [0.25, 0.3) is 0 Å². The Morgan fingerprint density at radius 1 is 1.53 bits per heavy atom. The molecule has 0 aliphatic carbocycles. The summed E-state index contributed by atoms with van der Waals surface area (Å²) in [5.41, 5.74) is 14.0. The number of hydrogen-bond donors (Lipinski definition) is 2. The molecule has 15 heavy (non-hydrogen) atoms. The smallest absolute Gasteiger partial charge is 0.322 e. The van der Waals surface area contributed by atoms with Crippen LogP contribution in [0.3, 0.4) is 0 Å². The zero-order valence-electron chi connectivity index (χ0n) is 8.99. The van der Waals surface area contributed by atoms with Crippen LogP contribution in [0.1, 0.15) is 11.1 Å². The summed E-state index contributed by atoms with van der Waals surface area (Å²) in [7, 11) is 1.33. The van der Waals surface area contributed by atoms with Crippen molar-refractivity contribution in [1.29, 1.82) is 0 Å². The Balaban J connectivity index is 2.73. The van der Waals surface area contributed by atoms with Gasteiger partial charge in [0, 0.05) is 5.69 Å². The molecule has 1 aromatic carbocycles. The molecule has 82 valence electrons. The second kappa shape index (κ2) is 4.79. The van der Waals surface area contributed by atoms with Crippen LogP contribution in [0.4, 0.5) is 5.69 Å². The molecule has 4 N–H and O–H groups in total. The number of methoxy groups -OCH3 is 1. The van der Waals surface area contributed by atoms with E-state index in [1.165, 1.54) is 7.11 Å². The van der Waals surface area contributed by atoms with Crippen LogP contribution in [0.15, 0.2) is 18.2 Å². The first kappa shape index (κ1) is 11.5. The van der Waals surface area contributed by atoms with Gasteiger partial charge in [0.2, 0.25) is 0 Å². The Labute approximate surface area is 89.2 Å². The summed E-state index contributed by atoms with van der Waals surface area (Å²) >= 11 is 0. The van der Waals surface area contributed by atoms with Crippen molar-refractivity contribution in [1.82, 2.24) is 0 Å². The first-order valence-electron chi connectivity index (χ1n) is 4.73. The fourth-order valence-electron chi connectivity index (χ4n) is 1.35. The highest BCUT2D eigenvalue weighted by molar-refractivity contribution is 5.75. The van der Waals surface area contributed by atoms with Gasteiger partial charge in [-0.3, -0.25) is 4.79 Å². The minimum absolute atomic E-state index is 0.399. The lowest BCUT2D eigenvalue weighted by Crippen LogP contribution is -2.33. The van der Waals surface area contributed by atoms with Crippen LogP contribution >= 0.6 is 0 Å². The van der Waals surface area contributed by atoms with E-state index in [1.54, 1.807) is 0 Å². The van der Waals surface area contributed by atoms with E-state index in [9.17, 15) is 4.79 Å². The van der Waals surface area contributed by atoms with Gasteiger partial charge in [-0.2, -0.15) is 0 Å². The molecule has 0 aromatic heterocycles. The standard InChI is InChI=1S/C11H16N2O2/c1-7-5-8(3-4-9(7)12)6-10(13)11(14)15-2/h3-5,10H,6,12-13H2,1-2H3/t10-/m1/s1. The second-order valence-corrected chi connectivity index (χ2v) is 3.52. The first-order valence-corrected chi connectivity index (χ1v) is 4.73. The number of rotatable bonds is 3. The number of esters is 1. The van der Waals surface area contributed by atoms with Crippen LogP contribution in [-0.4, -0.2) is 19.1 Å². The third-order valence-corrected chi connectivity index (χ3v) is 2.29. The third-order valence-electron chi connectivity index (χ3n) is 2.29. The average Bonchev–Trinajstić information content (AvgIpc) is 2.22. The molecule has 1 aromatic rings. The molecule has 0 saturated heterocycles. The van der Waals surface area contributed by atoms with E-state index in [0.29, 0.717) is 6.42 Å². The van der Waals surface area contributed by atoms with Crippen molar-refractivity contribution in [3.05, 3.63) is 29.3 Å². The van der Waals surface area contributed by atoms with Crippen molar-refractivity contribution in [2.75, 3.05) is 12.8 Å². The van der Waals surface area contributed by atoms with Crippen LogP contribution in [0.2, 0.25) is 0 Å². The van der Waals surface area contributed by atoms with Gasteiger partial charge >= 0.3 is 5.97 Å². The summed E-state index contributed by atoms with van der Waals surface area (Å²) in [6.07, 6.45) is 0.466. The highest BCUT2D eigenvalue weighted by Crippen LogP contribution is 2.13. The van der Waals surface area contributed by atoms with Crippen molar-refractivity contribution in [2.24, 2.45) is 5.73 Å². The van der Waals surface area contributed by atoms with Crippen LogP contribution in [0.5, 0.6) is 0 Å². The number of anilines is 1. The van der Waals surface area contributed by atoms with Gasteiger partial charge in [-0.15, -0.1) is 0 Å². The zero-order chi connectivity index (χ0) is 11.4. The average molecular weight is 208 g/mol. The maximum absolute atomic E-state index is 11.1. The fourth-order valence-corrected chi connectivity index (χ4v) is 1.35. The minimum atomic E-state index is -0.613.